The van der Waals surface area contributed by atoms with Gasteiger partial charge in [0.15, 0.2) is 0 Å². The molecule has 9 aromatic heterocycles. The smallest absolute Gasteiger partial charge is 0.422 e. The standard InChI is InChI=1S/2C35H20BN3O.C35H20BN3S/c1-5-16-28-21(10-1)22-11-2-7-18-31(22)39-35-33-27(23-12-3-6-17-30(23)38(33)36(28)39)20-29(37-35)26-15-9-14-25-24-13-4-8-19-32(24)40-34(25)26;1-4-13-29-23(8-1)28-20-21(22-11-7-12-27-25-10-3-6-15-32(25)40-34(22)27)16-17-31(28)39-35-33-26(18-19-37-35)24-9-2-5-14-30(24)38(33)36(29)39;1-5-16-28-21(10-1)22-11-2-7-18-31(22)39-35-33-27(23-12-3-6-17-30(23)38(33)36(28)39)20-29(37-35)26-15-9-14-25-24-13-4-8-19-32(24)40-34(25)26/h3*1-20H. The molecular weight excluding hydrogens is 1480 g/mol. The van der Waals surface area contributed by atoms with Crippen molar-refractivity contribution in [1.29, 1.82) is 0 Å². The number of hydrogen-bond donors (Lipinski definition) is 0. The third kappa shape index (κ3) is 8.61. The van der Waals surface area contributed by atoms with Gasteiger partial charge in [0.1, 0.15) is 39.8 Å². The molecule has 0 spiro atoms. The van der Waals surface area contributed by atoms with Gasteiger partial charge in [0.25, 0.3) is 0 Å². The Kier molecular flexibility index (Phi) is 13.0. The van der Waals surface area contributed by atoms with Gasteiger partial charge in [-0.05, 0) is 124 Å². The van der Waals surface area contributed by atoms with Crippen molar-refractivity contribution in [2.45, 2.75) is 0 Å². The van der Waals surface area contributed by atoms with Crippen LogP contribution >= 0.6 is 11.3 Å². The fourth-order valence-corrected chi connectivity index (χ4v) is 22.7. The van der Waals surface area contributed by atoms with Crippen LogP contribution in [0.3, 0.4) is 0 Å². The van der Waals surface area contributed by atoms with E-state index in [4.69, 9.17) is 23.8 Å². The molecule has 0 saturated heterocycles. The lowest BCUT2D eigenvalue weighted by Gasteiger charge is -2.34. The molecule has 0 amide bonds. The predicted octanol–water partition coefficient (Wildman–Crippen LogP) is 24.9. The quantitative estimate of drug-likeness (QED) is 0.162. The lowest BCUT2D eigenvalue weighted by molar-refractivity contribution is 0.669. The van der Waals surface area contributed by atoms with E-state index in [1.54, 1.807) is 0 Å². The average Bonchev–Trinajstić information content (AvgIpc) is 1.53. The van der Waals surface area contributed by atoms with Crippen molar-refractivity contribution in [1.82, 2.24) is 28.4 Å². The fraction of sp³-hybridized carbons (Fsp3) is 0. The summed E-state index contributed by atoms with van der Waals surface area (Å²) in [5.74, 6) is 3.04. The first kappa shape index (κ1) is 64.8. The van der Waals surface area contributed by atoms with E-state index in [9.17, 15) is 0 Å². The van der Waals surface area contributed by atoms with E-state index < -0.39 is 0 Å². The minimum atomic E-state index is -0.00626. The van der Waals surface area contributed by atoms with Crippen molar-refractivity contribution in [3.05, 3.63) is 364 Å². The molecule has 0 radical (unpaired) electrons. The van der Waals surface area contributed by atoms with E-state index in [1.807, 2.05) is 41.8 Å². The van der Waals surface area contributed by atoms with Crippen molar-refractivity contribution in [3.8, 4) is 67.0 Å². The van der Waals surface area contributed by atoms with Crippen LogP contribution in [-0.4, -0.2) is 49.3 Å². The van der Waals surface area contributed by atoms with Gasteiger partial charge in [-0.3, -0.25) is 0 Å². The maximum Gasteiger partial charge on any atom is 0.422 e. The zero-order valence-electron chi connectivity index (χ0n) is 64.1. The molecular formula is C105H60B3N9O2S. The number of thiophene rings is 1. The molecule has 15 heterocycles. The Morgan fingerprint density at radius 1 is 0.258 bits per heavy atom. The molecule has 15 aromatic carbocycles. The summed E-state index contributed by atoms with van der Waals surface area (Å²) in [6, 6.07) is 129. The van der Waals surface area contributed by atoms with Gasteiger partial charge in [-0.15, -0.1) is 11.3 Å². The molecule has 6 aliphatic rings. The molecule has 0 saturated carbocycles. The largest absolute Gasteiger partial charge is 0.455 e. The second-order valence-electron chi connectivity index (χ2n) is 32.2. The van der Waals surface area contributed by atoms with E-state index >= 15 is 0 Å². The van der Waals surface area contributed by atoms with Crippen LogP contribution in [-0.2, 0) is 0 Å². The highest BCUT2D eigenvalue weighted by Crippen LogP contribution is 2.55. The zero-order valence-corrected chi connectivity index (χ0v) is 64.9. The number of rotatable bonds is 3. The number of benzene rings is 15. The van der Waals surface area contributed by atoms with Gasteiger partial charge in [-0.1, -0.05) is 273 Å². The van der Waals surface area contributed by atoms with Gasteiger partial charge < -0.3 is 36.7 Å². The Morgan fingerprint density at radius 2 is 0.650 bits per heavy atom. The molecule has 24 aromatic rings. The van der Waals surface area contributed by atoms with Crippen LogP contribution in [0.1, 0.15) is 0 Å². The highest BCUT2D eigenvalue weighted by molar-refractivity contribution is 7.26. The predicted molar refractivity (Wildman–Crippen MR) is 500 cm³/mol. The van der Waals surface area contributed by atoms with Crippen molar-refractivity contribution in [2.75, 3.05) is 14.4 Å². The molecule has 11 nitrogen and oxygen atoms in total. The SMILES string of the molecule is c1ccc2c(c1)B1N(c3ccc(-c4cccc5c4oc4ccccc45)cc3-2)c2nccc3c4ccccc4n1c23.c1ccc2c(c1)B1N(c3ccccc3-2)c2nc(-c3cccc4c3oc3ccccc34)cc3c4ccccc4n1c23.c1ccc2c(c1)B1N(c3ccccc3-2)c2nc(-c3cccc4c3sc3ccccc34)cc3c4ccccc4n1c23. The number of fused-ring (bicyclic) bond motifs is 42. The van der Waals surface area contributed by atoms with Gasteiger partial charge in [-0.2, -0.15) is 0 Å². The summed E-state index contributed by atoms with van der Waals surface area (Å²) >= 11 is 1.86. The zero-order chi connectivity index (χ0) is 77.8. The highest BCUT2D eigenvalue weighted by Gasteiger charge is 2.50. The Bertz CT molecular complexity index is 8350. The topological polar surface area (TPSA) is 89.5 Å². The second-order valence-corrected chi connectivity index (χ2v) is 33.3. The summed E-state index contributed by atoms with van der Waals surface area (Å²) in [6.07, 6.45) is 1.95. The molecule has 0 N–H and O–H groups in total. The molecule has 0 atom stereocenters. The third-order valence-electron chi connectivity index (χ3n) is 26.3. The first-order valence-electron chi connectivity index (χ1n) is 41.0. The van der Waals surface area contributed by atoms with Crippen LogP contribution in [0.15, 0.2) is 373 Å². The summed E-state index contributed by atoms with van der Waals surface area (Å²) < 4.78 is 23.0. The van der Waals surface area contributed by atoms with Gasteiger partial charge >= 0.3 is 20.9 Å². The fourth-order valence-electron chi connectivity index (χ4n) is 21.5. The van der Waals surface area contributed by atoms with Crippen molar-refractivity contribution >= 4 is 213 Å². The number of nitrogens with zero attached hydrogens (tertiary/aromatic N) is 9. The summed E-state index contributed by atoms with van der Waals surface area (Å²) in [6.45, 7) is 0.0280. The van der Waals surface area contributed by atoms with Crippen LogP contribution in [0, 0.1) is 0 Å². The maximum atomic E-state index is 6.46. The summed E-state index contributed by atoms with van der Waals surface area (Å²) in [5, 5.41) is 14.7. The van der Waals surface area contributed by atoms with Crippen LogP contribution < -0.4 is 30.8 Å². The average molecular weight is 1540 g/mol. The minimum absolute atomic E-state index is 0.00626. The summed E-state index contributed by atoms with van der Waals surface area (Å²) in [4.78, 5) is 23.3. The number of aromatic nitrogens is 6. The maximum absolute atomic E-state index is 6.46. The van der Waals surface area contributed by atoms with Gasteiger partial charge in [-0.25, -0.2) is 15.0 Å². The third-order valence-corrected chi connectivity index (χ3v) is 27.6. The molecule has 0 unspecified atom stereocenters. The van der Waals surface area contributed by atoms with E-state index in [2.05, 4.69) is 362 Å². The Morgan fingerprint density at radius 3 is 1.22 bits per heavy atom. The second kappa shape index (κ2) is 24.1. The molecule has 30 rings (SSSR count). The summed E-state index contributed by atoms with van der Waals surface area (Å²) in [7, 11) is 0. The van der Waals surface area contributed by atoms with E-state index in [-0.39, 0.29) is 20.9 Å². The normalized spacial score (nSPS) is 13.4. The summed E-state index contributed by atoms with van der Waals surface area (Å²) in [5.41, 5.74) is 32.4. The molecule has 0 fully saturated rings. The Labute approximate surface area is 690 Å². The van der Waals surface area contributed by atoms with Crippen LogP contribution in [0.2, 0.25) is 0 Å². The number of anilines is 6. The lowest BCUT2D eigenvalue weighted by atomic mass is 9.60. The van der Waals surface area contributed by atoms with Crippen LogP contribution in [0.4, 0.5) is 34.5 Å². The molecule has 552 valence electrons. The van der Waals surface area contributed by atoms with E-state index in [0.717, 1.165) is 89.4 Å². The number of furan rings is 2. The monoisotopic (exact) mass is 1540 g/mol. The van der Waals surface area contributed by atoms with Gasteiger partial charge in [0.2, 0.25) is 0 Å². The highest BCUT2D eigenvalue weighted by atomic mass is 32.1. The Hall–Kier alpha value is -15.4. The number of hydrogen-bond acceptors (Lipinski definition) is 9. The first-order valence-corrected chi connectivity index (χ1v) is 41.9. The van der Waals surface area contributed by atoms with Crippen LogP contribution in [0.25, 0.3) is 196 Å². The minimum Gasteiger partial charge on any atom is -0.455 e. The molecule has 0 aliphatic carbocycles. The van der Waals surface area contributed by atoms with Crippen LogP contribution in [0.5, 0.6) is 0 Å². The van der Waals surface area contributed by atoms with Gasteiger partial charge in [0.05, 0.1) is 27.9 Å². The number of pyridine rings is 3. The lowest BCUT2D eigenvalue weighted by Crippen LogP contribution is -2.51. The molecule has 0 bridgehead atoms. The first-order chi connectivity index (χ1) is 59.6. The Balaban J connectivity index is 0.0000000931. The molecule has 120 heavy (non-hydrogen) atoms. The molecule has 6 aliphatic heterocycles. The van der Waals surface area contributed by atoms with E-state index in [1.165, 1.54) is 158 Å². The van der Waals surface area contributed by atoms with Crippen molar-refractivity contribution in [3.63, 3.8) is 0 Å². The molecule has 15 heteroatoms. The van der Waals surface area contributed by atoms with Crippen molar-refractivity contribution < 1.29 is 8.83 Å². The van der Waals surface area contributed by atoms with E-state index in [0.29, 0.717) is 0 Å². The van der Waals surface area contributed by atoms with Crippen molar-refractivity contribution in [2.24, 2.45) is 0 Å². The van der Waals surface area contributed by atoms with Gasteiger partial charge in [0, 0.05) is 147 Å². The number of para-hydroxylation sites is 9.